The van der Waals surface area contributed by atoms with Crippen LogP contribution in [-0.2, 0) is 0 Å². The number of amides is 1. The molecular weight excluding hydrogens is 286 g/mol. The standard InChI is InChI=1S/C12H16BrNO3/c1-7(5-8(2)15)14-12(17)10-6-9(13)3-4-11(10)16/h3-4,6-8,15-16H,5H2,1-2H3,(H,14,17). The Kier molecular flexibility index (Phi) is 4.96. The van der Waals surface area contributed by atoms with Gasteiger partial charge in [0.25, 0.3) is 5.91 Å². The van der Waals surface area contributed by atoms with Crippen LogP contribution in [0.25, 0.3) is 0 Å². The van der Waals surface area contributed by atoms with Gasteiger partial charge in [0.2, 0.25) is 0 Å². The van der Waals surface area contributed by atoms with Gasteiger partial charge in [-0.05, 0) is 38.5 Å². The fourth-order valence-corrected chi connectivity index (χ4v) is 1.92. The van der Waals surface area contributed by atoms with Crippen molar-refractivity contribution in [2.45, 2.75) is 32.4 Å². The van der Waals surface area contributed by atoms with Gasteiger partial charge in [-0.3, -0.25) is 4.79 Å². The Labute approximate surface area is 109 Å². The molecule has 1 amide bonds. The Hall–Kier alpha value is -1.07. The van der Waals surface area contributed by atoms with E-state index in [1.807, 2.05) is 0 Å². The smallest absolute Gasteiger partial charge is 0.255 e. The highest BCUT2D eigenvalue weighted by atomic mass is 79.9. The topological polar surface area (TPSA) is 69.6 Å². The van der Waals surface area contributed by atoms with Gasteiger partial charge in [-0.25, -0.2) is 0 Å². The van der Waals surface area contributed by atoms with Crippen LogP contribution in [0.3, 0.4) is 0 Å². The zero-order valence-corrected chi connectivity index (χ0v) is 11.4. The molecule has 4 nitrogen and oxygen atoms in total. The second-order valence-corrected chi connectivity index (χ2v) is 5.04. The van der Waals surface area contributed by atoms with E-state index in [0.29, 0.717) is 6.42 Å². The molecule has 1 rings (SSSR count). The van der Waals surface area contributed by atoms with Gasteiger partial charge in [0.15, 0.2) is 0 Å². The molecule has 94 valence electrons. The highest BCUT2D eigenvalue weighted by Crippen LogP contribution is 2.21. The minimum absolute atomic E-state index is 0.0602. The Bertz CT molecular complexity index is 407. The van der Waals surface area contributed by atoms with Crippen LogP contribution >= 0.6 is 15.9 Å². The first-order chi connectivity index (χ1) is 7.90. The highest BCUT2D eigenvalue weighted by molar-refractivity contribution is 9.10. The third-order valence-electron chi connectivity index (χ3n) is 2.28. The van der Waals surface area contributed by atoms with Gasteiger partial charge in [0, 0.05) is 10.5 Å². The van der Waals surface area contributed by atoms with Gasteiger partial charge in [-0.2, -0.15) is 0 Å². The molecule has 2 unspecified atom stereocenters. The summed E-state index contributed by atoms with van der Waals surface area (Å²) in [6.45, 7) is 3.47. The van der Waals surface area contributed by atoms with E-state index >= 15 is 0 Å². The number of hydrogen-bond donors (Lipinski definition) is 3. The lowest BCUT2D eigenvalue weighted by Crippen LogP contribution is -2.34. The molecule has 0 bridgehead atoms. The lowest BCUT2D eigenvalue weighted by molar-refractivity contribution is 0.0920. The van der Waals surface area contributed by atoms with Gasteiger partial charge >= 0.3 is 0 Å². The minimum atomic E-state index is -0.471. The molecule has 1 aromatic carbocycles. The quantitative estimate of drug-likeness (QED) is 0.797. The number of rotatable bonds is 4. The molecule has 0 aliphatic rings. The van der Waals surface area contributed by atoms with Crippen LogP contribution in [0.4, 0.5) is 0 Å². The number of carbonyl (C=O) groups excluding carboxylic acids is 1. The van der Waals surface area contributed by atoms with Crippen molar-refractivity contribution in [2.75, 3.05) is 0 Å². The van der Waals surface area contributed by atoms with E-state index in [1.54, 1.807) is 26.0 Å². The number of benzene rings is 1. The number of aliphatic hydroxyl groups excluding tert-OH is 1. The molecule has 0 aliphatic carbocycles. The first kappa shape index (κ1) is 14.0. The summed E-state index contributed by atoms with van der Waals surface area (Å²) >= 11 is 3.24. The van der Waals surface area contributed by atoms with Crippen molar-refractivity contribution in [1.29, 1.82) is 0 Å². The third kappa shape index (κ3) is 4.36. The van der Waals surface area contributed by atoms with Crippen LogP contribution in [0, 0.1) is 0 Å². The van der Waals surface area contributed by atoms with E-state index in [2.05, 4.69) is 21.2 Å². The minimum Gasteiger partial charge on any atom is -0.507 e. The molecule has 0 aliphatic heterocycles. The van der Waals surface area contributed by atoms with Crippen molar-refractivity contribution in [3.05, 3.63) is 28.2 Å². The summed E-state index contributed by atoms with van der Waals surface area (Å²) in [4.78, 5) is 11.8. The second-order valence-electron chi connectivity index (χ2n) is 4.12. The molecule has 17 heavy (non-hydrogen) atoms. The monoisotopic (exact) mass is 301 g/mol. The predicted octanol–water partition coefficient (Wildman–Crippen LogP) is 2.04. The molecule has 0 fully saturated rings. The summed E-state index contributed by atoms with van der Waals surface area (Å²) in [5.41, 5.74) is 0.219. The molecule has 1 aromatic rings. The number of phenols is 1. The molecule has 3 N–H and O–H groups in total. The average Bonchev–Trinajstić information content (AvgIpc) is 2.20. The maximum atomic E-state index is 11.8. The summed E-state index contributed by atoms with van der Waals surface area (Å²) in [6, 6.07) is 4.52. The van der Waals surface area contributed by atoms with Crippen LogP contribution in [0.1, 0.15) is 30.6 Å². The number of carbonyl (C=O) groups is 1. The molecule has 0 saturated heterocycles. The number of hydrogen-bond acceptors (Lipinski definition) is 3. The summed E-state index contributed by atoms with van der Waals surface area (Å²) in [7, 11) is 0. The van der Waals surface area contributed by atoms with E-state index in [0.717, 1.165) is 4.47 Å². The molecule has 2 atom stereocenters. The molecule has 0 radical (unpaired) electrons. The predicted molar refractivity (Wildman–Crippen MR) is 69.0 cm³/mol. The van der Waals surface area contributed by atoms with Crippen molar-refractivity contribution < 1.29 is 15.0 Å². The van der Waals surface area contributed by atoms with Gasteiger partial charge in [-0.15, -0.1) is 0 Å². The highest BCUT2D eigenvalue weighted by Gasteiger charge is 2.15. The third-order valence-corrected chi connectivity index (χ3v) is 2.77. The number of nitrogens with one attached hydrogen (secondary N) is 1. The molecule has 0 spiro atoms. The Morgan fingerprint density at radius 2 is 2.12 bits per heavy atom. The summed E-state index contributed by atoms with van der Waals surface area (Å²) in [5, 5.41) is 21.5. The molecule has 0 aromatic heterocycles. The zero-order valence-electron chi connectivity index (χ0n) is 9.77. The molecular formula is C12H16BrNO3. The number of phenolic OH excluding ortho intramolecular Hbond substituents is 1. The number of halogens is 1. The Morgan fingerprint density at radius 1 is 1.47 bits per heavy atom. The normalized spacial score (nSPS) is 14.1. The van der Waals surface area contributed by atoms with Gasteiger partial charge in [-0.1, -0.05) is 15.9 Å². The fourth-order valence-electron chi connectivity index (χ4n) is 1.56. The first-order valence-corrected chi connectivity index (χ1v) is 6.17. The fraction of sp³-hybridized carbons (Fsp3) is 0.417. The van der Waals surface area contributed by atoms with Gasteiger partial charge in [0.05, 0.1) is 11.7 Å². The van der Waals surface area contributed by atoms with Gasteiger partial charge < -0.3 is 15.5 Å². The van der Waals surface area contributed by atoms with Crippen LogP contribution in [0.5, 0.6) is 5.75 Å². The van der Waals surface area contributed by atoms with Gasteiger partial charge in [0.1, 0.15) is 5.75 Å². The summed E-state index contributed by atoms with van der Waals surface area (Å²) in [6.07, 6.45) is 0.00180. The lowest BCUT2D eigenvalue weighted by Gasteiger charge is -2.15. The maximum Gasteiger partial charge on any atom is 0.255 e. The number of aliphatic hydroxyl groups is 1. The van der Waals surface area contributed by atoms with Crippen LogP contribution in [0.15, 0.2) is 22.7 Å². The van der Waals surface area contributed by atoms with Crippen molar-refractivity contribution in [3.63, 3.8) is 0 Å². The van der Waals surface area contributed by atoms with E-state index in [4.69, 9.17) is 0 Å². The Balaban J connectivity index is 2.73. The van der Waals surface area contributed by atoms with Crippen molar-refractivity contribution in [3.8, 4) is 5.75 Å². The Morgan fingerprint density at radius 3 is 2.71 bits per heavy atom. The molecule has 5 heteroatoms. The second kappa shape index (κ2) is 6.02. The van der Waals surface area contributed by atoms with Crippen molar-refractivity contribution in [2.24, 2.45) is 0 Å². The van der Waals surface area contributed by atoms with E-state index in [-0.39, 0.29) is 23.3 Å². The van der Waals surface area contributed by atoms with E-state index in [9.17, 15) is 15.0 Å². The van der Waals surface area contributed by atoms with Crippen molar-refractivity contribution in [1.82, 2.24) is 5.32 Å². The van der Waals surface area contributed by atoms with Crippen LogP contribution in [-0.4, -0.2) is 28.3 Å². The number of aromatic hydroxyl groups is 1. The molecule has 0 heterocycles. The average molecular weight is 302 g/mol. The largest absolute Gasteiger partial charge is 0.507 e. The lowest BCUT2D eigenvalue weighted by atomic mass is 10.1. The SMILES string of the molecule is CC(O)CC(C)NC(=O)c1cc(Br)ccc1O. The summed E-state index contributed by atoms with van der Waals surface area (Å²) in [5.74, 6) is -0.410. The first-order valence-electron chi connectivity index (χ1n) is 5.37. The van der Waals surface area contributed by atoms with E-state index < -0.39 is 6.10 Å². The summed E-state index contributed by atoms with van der Waals surface area (Å²) < 4.78 is 0.726. The van der Waals surface area contributed by atoms with Crippen LogP contribution in [0.2, 0.25) is 0 Å². The molecule has 0 saturated carbocycles. The van der Waals surface area contributed by atoms with E-state index in [1.165, 1.54) is 6.07 Å². The maximum absolute atomic E-state index is 11.8. The zero-order chi connectivity index (χ0) is 13.0. The van der Waals surface area contributed by atoms with Crippen molar-refractivity contribution >= 4 is 21.8 Å². The van der Waals surface area contributed by atoms with Crippen LogP contribution < -0.4 is 5.32 Å².